The first-order valence-corrected chi connectivity index (χ1v) is 3.47. The molecule has 0 unspecified atom stereocenters. The number of aliphatic carboxylic acids is 4. The molecule has 19 heavy (non-hydrogen) atoms. The summed E-state index contributed by atoms with van der Waals surface area (Å²) in [7, 11) is 0. The molecule has 0 heterocycles. The van der Waals surface area contributed by atoms with Gasteiger partial charge in [-0.25, -0.2) is 4.79 Å². The Morgan fingerprint density at radius 1 is 0.632 bits per heavy atom. The minimum Gasteiger partial charge on any atom is -0.545 e. The second-order valence-corrected chi connectivity index (χ2v) is 1.96. The van der Waals surface area contributed by atoms with Crippen LogP contribution < -0.4 is 71.9 Å². The molecule has 0 bridgehead atoms. The summed E-state index contributed by atoms with van der Waals surface area (Å²) in [6.45, 7) is 0. The van der Waals surface area contributed by atoms with Crippen molar-refractivity contribution in [3.8, 4) is 0 Å². The third-order valence-electron chi connectivity index (χ3n) is 0.717. The van der Waals surface area contributed by atoms with Crippen molar-refractivity contribution >= 4 is 23.9 Å². The summed E-state index contributed by atoms with van der Waals surface area (Å²) in [6, 6.07) is 0. The normalized spacial score (nSPS) is 8.00. The van der Waals surface area contributed by atoms with Crippen LogP contribution in [0.1, 0.15) is 0 Å². The third kappa shape index (κ3) is 47.0. The second kappa shape index (κ2) is 19.5. The average Bonchev–Trinajstić information content (AvgIpc) is 2.12. The van der Waals surface area contributed by atoms with E-state index in [0.717, 1.165) is 0 Å². The minimum atomic E-state index is -1.55. The SMILES string of the molecule is O=C([O-])/C=C\C(=O)O.O=C([O-])/C=C\C(=O)[O-].[Li+].[Li+].[Li+]. The summed E-state index contributed by atoms with van der Waals surface area (Å²) in [4.78, 5) is 37.8. The average molecular weight is 250 g/mol. The van der Waals surface area contributed by atoms with Crippen molar-refractivity contribution in [3.05, 3.63) is 24.3 Å². The van der Waals surface area contributed by atoms with Gasteiger partial charge in [0.2, 0.25) is 0 Å². The topological polar surface area (TPSA) is 158 Å². The Morgan fingerprint density at radius 3 is 0.947 bits per heavy atom. The van der Waals surface area contributed by atoms with Gasteiger partial charge in [-0.05, 0) is 18.2 Å². The van der Waals surface area contributed by atoms with Crippen LogP contribution in [0.2, 0.25) is 0 Å². The summed E-state index contributed by atoms with van der Waals surface area (Å²) in [6.07, 6.45) is 1.71. The van der Waals surface area contributed by atoms with Gasteiger partial charge in [-0.3, -0.25) is 0 Å². The van der Waals surface area contributed by atoms with Gasteiger partial charge >= 0.3 is 62.6 Å². The molecule has 0 rings (SSSR count). The van der Waals surface area contributed by atoms with Gasteiger partial charge in [-0.15, -0.1) is 0 Å². The van der Waals surface area contributed by atoms with Crippen LogP contribution in [-0.4, -0.2) is 29.0 Å². The second-order valence-electron chi connectivity index (χ2n) is 1.96. The van der Waals surface area contributed by atoms with Crippen molar-refractivity contribution in [3.63, 3.8) is 0 Å². The summed E-state index contributed by atoms with van der Waals surface area (Å²) in [5.74, 6) is -5.90. The van der Waals surface area contributed by atoms with Crippen LogP contribution in [0.5, 0.6) is 0 Å². The zero-order chi connectivity index (χ0) is 13.1. The van der Waals surface area contributed by atoms with Crippen LogP contribution in [-0.2, 0) is 19.2 Å². The van der Waals surface area contributed by atoms with Gasteiger partial charge in [0.05, 0.1) is 17.9 Å². The number of hydrogen-bond acceptors (Lipinski definition) is 7. The Kier molecular flexibility index (Phi) is 31.7. The zero-order valence-corrected chi connectivity index (χ0v) is 10.6. The number of carboxylic acids is 4. The molecule has 0 aromatic rings. The smallest absolute Gasteiger partial charge is 0.545 e. The van der Waals surface area contributed by atoms with Gasteiger partial charge in [0, 0.05) is 6.08 Å². The van der Waals surface area contributed by atoms with Crippen LogP contribution in [0.4, 0.5) is 0 Å². The molecule has 0 spiro atoms. The molecule has 0 saturated carbocycles. The number of carbonyl (C=O) groups excluding carboxylic acids is 3. The van der Waals surface area contributed by atoms with Gasteiger partial charge in [-0.1, -0.05) is 0 Å². The van der Waals surface area contributed by atoms with Crippen molar-refractivity contribution in [2.45, 2.75) is 0 Å². The van der Waals surface area contributed by atoms with Crippen LogP contribution >= 0.6 is 0 Å². The van der Waals surface area contributed by atoms with Crippen LogP contribution in [0.25, 0.3) is 0 Å². The van der Waals surface area contributed by atoms with Crippen LogP contribution in [0.3, 0.4) is 0 Å². The third-order valence-corrected chi connectivity index (χ3v) is 0.717. The van der Waals surface area contributed by atoms with E-state index in [1.807, 2.05) is 0 Å². The predicted molar refractivity (Wildman–Crippen MR) is 40.9 cm³/mol. The summed E-state index contributed by atoms with van der Waals surface area (Å²) < 4.78 is 0. The van der Waals surface area contributed by atoms with E-state index in [-0.39, 0.29) is 56.6 Å². The van der Waals surface area contributed by atoms with Crippen molar-refractivity contribution in [1.29, 1.82) is 0 Å². The van der Waals surface area contributed by atoms with E-state index in [0.29, 0.717) is 24.3 Å². The molecule has 0 amide bonds. The van der Waals surface area contributed by atoms with E-state index in [2.05, 4.69) is 0 Å². The van der Waals surface area contributed by atoms with Crippen molar-refractivity contribution < 1.29 is 96.2 Å². The molecule has 88 valence electrons. The first-order chi connectivity index (χ1) is 7.25. The molecular weight excluding hydrogens is 245 g/mol. The molecule has 0 radical (unpaired) electrons. The summed E-state index contributed by atoms with van der Waals surface area (Å²) in [5, 5.41) is 36.1. The fourth-order valence-electron chi connectivity index (χ4n) is 0.275. The maximum atomic E-state index is 9.53. The minimum absolute atomic E-state index is 0. The van der Waals surface area contributed by atoms with Gasteiger partial charge in [-0.2, -0.15) is 0 Å². The molecule has 0 aromatic carbocycles. The van der Waals surface area contributed by atoms with Crippen LogP contribution in [0.15, 0.2) is 24.3 Å². The molecule has 0 fully saturated rings. The zero-order valence-electron chi connectivity index (χ0n) is 10.6. The first-order valence-electron chi connectivity index (χ1n) is 3.47. The monoisotopic (exact) mass is 250 g/mol. The largest absolute Gasteiger partial charge is 1.00 e. The van der Waals surface area contributed by atoms with Gasteiger partial charge in [0.25, 0.3) is 0 Å². The summed E-state index contributed by atoms with van der Waals surface area (Å²) in [5.41, 5.74) is 0. The van der Waals surface area contributed by atoms with E-state index in [1.165, 1.54) is 0 Å². The Bertz CT molecular complexity index is 284. The molecular formula is C8H5Li3O8. The first kappa shape index (κ1) is 30.9. The fourth-order valence-corrected chi connectivity index (χ4v) is 0.275. The molecule has 1 N–H and O–H groups in total. The number of carbonyl (C=O) groups is 4. The summed E-state index contributed by atoms with van der Waals surface area (Å²) >= 11 is 0. The quantitative estimate of drug-likeness (QED) is 0.380. The molecule has 0 aliphatic heterocycles. The van der Waals surface area contributed by atoms with E-state index >= 15 is 0 Å². The molecule has 0 aliphatic rings. The van der Waals surface area contributed by atoms with E-state index < -0.39 is 23.9 Å². The number of rotatable bonds is 4. The maximum Gasteiger partial charge on any atom is 1.00 e. The molecule has 8 nitrogen and oxygen atoms in total. The van der Waals surface area contributed by atoms with Crippen LogP contribution in [0, 0.1) is 0 Å². The maximum absolute atomic E-state index is 9.53. The molecule has 11 heteroatoms. The Labute approximate surface area is 144 Å². The van der Waals surface area contributed by atoms with Gasteiger partial charge < -0.3 is 34.8 Å². The van der Waals surface area contributed by atoms with Crippen molar-refractivity contribution in [1.82, 2.24) is 0 Å². The van der Waals surface area contributed by atoms with E-state index in [1.54, 1.807) is 0 Å². The molecule has 0 atom stereocenters. The fraction of sp³-hybridized carbons (Fsp3) is 0. The predicted octanol–water partition coefficient (Wildman–Crippen LogP) is -13.6. The van der Waals surface area contributed by atoms with Gasteiger partial charge in [0.15, 0.2) is 0 Å². The molecule has 0 saturated heterocycles. The van der Waals surface area contributed by atoms with Gasteiger partial charge in [0.1, 0.15) is 0 Å². The standard InChI is InChI=1S/2C4H4O4.3Li/c2*5-3(6)1-2-4(7)8;;;/h2*1-2H,(H,5,6)(H,7,8);;;/q;;3*+1/p-3/b2*2-1-;;;. The van der Waals surface area contributed by atoms with E-state index in [4.69, 9.17) is 5.11 Å². The number of hydrogen-bond donors (Lipinski definition) is 1. The Morgan fingerprint density at radius 2 is 0.842 bits per heavy atom. The number of carboxylic acid groups (broad SMARTS) is 4. The Balaban J connectivity index is -0.0000000594. The van der Waals surface area contributed by atoms with E-state index in [9.17, 15) is 34.5 Å². The van der Waals surface area contributed by atoms with Crippen molar-refractivity contribution in [2.24, 2.45) is 0 Å². The Hall–Kier alpha value is -0.848. The molecule has 0 aromatic heterocycles. The molecule has 0 aliphatic carbocycles. The van der Waals surface area contributed by atoms with Crippen molar-refractivity contribution in [2.75, 3.05) is 0 Å².